The molecule has 1 N–H and O–H groups in total. The van der Waals surface area contributed by atoms with E-state index in [1.807, 2.05) is 20.8 Å². The summed E-state index contributed by atoms with van der Waals surface area (Å²) in [5.41, 5.74) is 2.62. The number of amides is 1. The topological polar surface area (TPSA) is 81.4 Å². The molecule has 2 aromatic rings. The van der Waals surface area contributed by atoms with Crippen molar-refractivity contribution in [2.45, 2.75) is 32.9 Å². The van der Waals surface area contributed by atoms with E-state index in [2.05, 4.69) is 26.4 Å². The normalized spacial score (nSPS) is 10.6. The van der Waals surface area contributed by atoms with Gasteiger partial charge in [0.15, 0.2) is 0 Å². The van der Waals surface area contributed by atoms with Crippen molar-refractivity contribution in [1.29, 1.82) is 0 Å². The lowest BCUT2D eigenvalue weighted by atomic mass is 10.2. The Kier molecular flexibility index (Phi) is 7.71. The van der Waals surface area contributed by atoms with Crippen molar-refractivity contribution >= 4 is 45.3 Å². The van der Waals surface area contributed by atoms with Gasteiger partial charge < -0.3 is 14.6 Å². The molecule has 140 valence electrons. The highest BCUT2D eigenvalue weighted by molar-refractivity contribution is 9.10. The summed E-state index contributed by atoms with van der Waals surface area (Å²) in [6, 6.07) is 5.09. The van der Waals surface area contributed by atoms with Crippen molar-refractivity contribution < 1.29 is 18.8 Å². The van der Waals surface area contributed by atoms with Crippen LogP contribution in [-0.4, -0.2) is 29.4 Å². The van der Waals surface area contributed by atoms with Crippen molar-refractivity contribution in [3.8, 4) is 0 Å². The quantitative estimate of drug-likeness (QED) is 0.608. The van der Waals surface area contributed by atoms with Crippen LogP contribution in [0.4, 0.5) is 5.69 Å². The highest BCUT2D eigenvalue weighted by Crippen LogP contribution is 2.23. The van der Waals surface area contributed by atoms with E-state index in [0.29, 0.717) is 23.6 Å². The first-order valence-corrected chi connectivity index (χ1v) is 10.1. The molecule has 0 fully saturated rings. The molecule has 0 aliphatic rings. The van der Waals surface area contributed by atoms with Crippen LogP contribution in [0.15, 0.2) is 27.2 Å². The number of nitrogens with zero attached hydrogens (tertiary/aromatic N) is 1. The van der Waals surface area contributed by atoms with Gasteiger partial charge in [0.2, 0.25) is 5.91 Å². The number of aromatic nitrogens is 1. The molecular weight excluding hydrogens is 420 g/mol. The summed E-state index contributed by atoms with van der Waals surface area (Å²) < 4.78 is 11.0. The maximum atomic E-state index is 12.2. The monoisotopic (exact) mass is 440 g/mol. The molecule has 1 amide bonds. The molecule has 0 bridgehead atoms. The van der Waals surface area contributed by atoms with E-state index in [1.165, 1.54) is 11.8 Å². The van der Waals surface area contributed by atoms with Crippen LogP contribution < -0.4 is 5.32 Å². The molecule has 0 radical (unpaired) electrons. The largest absolute Gasteiger partial charge is 0.462 e. The van der Waals surface area contributed by atoms with Gasteiger partial charge in [0.05, 0.1) is 29.3 Å². The van der Waals surface area contributed by atoms with Crippen LogP contribution in [0.25, 0.3) is 0 Å². The van der Waals surface area contributed by atoms with Crippen LogP contribution in [0.2, 0.25) is 0 Å². The van der Waals surface area contributed by atoms with Crippen LogP contribution >= 0.6 is 27.7 Å². The van der Waals surface area contributed by atoms with Crippen molar-refractivity contribution in [3.05, 3.63) is 45.3 Å². The zero-order chi connectivity index (χ0) is 19.1. The first-order chi connectivity index (χ1) is 12.4. The Balaban J connectivity index is 1.96. The van der Waals surface area contributed by atoms with Gasteiger partial charge in [-0.1, -0.05) is 28.0 Å². The predicted molar refractivity (Wildman–Crippen MR) is 105 cm³/mol. The van der Waals surface area contributed by atoms with Gasteiger partial charge in [-0.25, -0.2) is 4.79 Å². The molecule has 26 heavy (non-hydrogen) atoms. The van der Waals surface area contributed by atoms with Gasteiger partial charge >= 0.3 is 5.97 Å². The van der Waals surface area contributed by atoms with E-state index in [-0.39, 0.29) is 11.7 Å². The summed E-state index contributed by atoms with van der Waals surface area (Å²) in [5.74, 6) is 1.02. The Labute approximate surface area is 165 Å². The molecule has 1 aromatic heterocycles. The highest BCUT2D eigenvalue weighted by Gasteiger charge is 2.16. The van der Waals surface area contributed by atoms with Crippen molar-refractivity contribution in [3.63, 3.8) is 0 Å². The molecule has 0 saturated carbocycles. The van der Waals surface area contributed by atoms with E-state index in [1.54, 1.807) is 18.2 Å². The summed E-state index contributed by atoms with van der Waals surface area (Å²) in [4.78, 5) is 24.4. The third-order valence-corrected chi connectivity index (χ3v) is 5.03. The number of nitrogens with one attached hydrogen (secondary N) is 1. The number of anilines is 1. The Bertz CT molecular complexity index is 772. The van der Waals surface area contributed by atoms with Gasteiger partial charge in [-0.3, -0.25) is 4.79 Å². The van der Waals surface area contributed by atoms with Crippen molar-refractivity contribution in [2.24, 2.45) is 0 Å². The van der Waals surface area contributed by atoms with Crippen LogP contribution in [0, 0.1) is 13.8 Å². The third kappa shape index (κ3) is 5.60. The molecule has 6 nitrogen and oxygen atoms in total. The number of aryl methyl sites for hydroxylation is 2. The van der Waals surface area contributed by atoms with E-state index in [0.717, 1.165) is 27.9 Å². The summed E-state index contributed by atoms with van der Waals surface area (Å²) in [7, 11) is 0. The number of hydrogen-bond acceptors (Lipinski definition) is 6. The molecule has 1 heterocycles. The highest BCUT2D eigenvalue weighted by atomic mass is 79.9. The SMILES string of the molecule is CCCOC(=O)c1cc(Br)ccc1NC(=O)CSCc1c(C)noc1C. The lowest BCUT2D eigenvalue weighted by Crippen LogP contribution is -2.17. The Morgan fingerprint density at radius 3 is 2.77 bits per heavy atom. The number of carbonyl (C=O) groups excluding carboxylic acids is 2. The second-order valence-electron chi connectivity index (χ2n) is 5.67. The minimum absolute atomic E-state index is 0.186. The maximum absolute atomic E-state index is 12.2. The smallest absolute Gasteiger partial charge is 0.340 e. The Morgan fingerprint density at radius 1 is 1.35 bits per heavy atom. The summed E-state index contributed by atoms with van der Waals surface area (Å²) in [6.07, 6.45) is 0.736. The number of benzene rings is 1. The molecule has 0 spiro atoms. The number of halogens is 1. The van der Waals surface area contributed by atoms with Crippen LogP contribution in [0.3, 0.4) is 0 Å². The van der Waals surface area contributed by atoms with Crippen molar-refractivity contribution in [2.75, 3.05) is 17.7 Å². The zero-order valence-corrected chi connectivity index (χ0v) is 17.3. The summed E-state index contributed by atoms with van der Waals surface area (Å²) in [5, 5.41) is 6.68. The molecule has 8 heteroatoms. The molecule has 2 rings (SSSR count). The molecule has 0 saturated heterocycles. The van der Waals surface area contributed by atoms with Crippen LogP contribution in [-0.2, 0) is 15.3 Å². The fourth-order valence-electron chi connectivity index (χ4n) is 2.21. The molecule has 1 aromatic carbocycles. The van der Waals surface area contributed by atoms with E-state index in [9.17, 15) is 9.59 Å². The molecule has 0 aliphatic carbocycles. The minimum Gasteiger partial charge on any atom is -0.462 e. The average Bonchev–Trinajstić information content (AvgIpc) is 2.93. The lowest BCUT2D eigenvalue weighted by molar-refractivity contribution is -0.113. The molecule has 0 unspecified atom stereocenters. The van der Waals surface area contributed by atoms with Gasteiger partial charge in [-0.05, 0) is 38.5 Å². The number of rotatable bonds is 8. The van der Waals surface area contributed by atoms with Gasteiger partial charge in [-0.15, -0.1) is 11.8 Å². The number of thioether (sulfide) groups is 1. The molecule has 0 atom stereocenters. The van der Waals surface area contributed by atoms with Crippen LogP contribution in [0.5, 0.6) is 0 Å². The lowest BCUT2D eigenvalue weighted by Gasteiger charge is -2.11. The first kappa shape index (κ1) is 20.5. The Hall–Kier alpha value is -1.80. The second-order valence-corrected chi connectivity index (χ2v) is 7.57. The number of carbonyl (C=O) groups is 2. The maximum Gasteiger partial charge on any atom is 0.340 e. The predicted octanol–water partition coefficient (Wildman–Crippen LogP) is 4.49. The molecule has 0 aliphatic heterocycles. The summed E-state index contributed by atoms with van der Waals surface area (Å²) in [6.45, 7) is 5.99. The second kappa shape index (κ2) is 9.78. The average molecular weight is 441 g/mol. The molecular formula is C18H21BrN2O4S. The summed E-state index contributed by atoms with van der Waals surface area (Å²) >= 11 is 4.80. The number of ether oxygens (including phenoxy) is 1. The van der Waals surface area contributed by atoms with E-state index in [4.69, 9.17) is 9.26 Å². The first-order valence-electron chi connectivity index (χ1n) is 8.18. The number of esters is 1. The van der Waals surface area contributed by atoms with Gasteiger partial charge in [0.1, 0.15) is 5.76 Å². The Morgan fingerprint density at radius 2 is 2.12 bits per heavy atom. The third-order valence-electron chi connectivity index (χ3n) is 3.57. The van der Waals surface area contributed by atoms with E-state index >= 15 is 0 Å². The number of hydrogen-bond donors (Lipinski definition) is 1. The fourth-order valence-corrected chi connectivity index (χ4v) is 3.54. The van der Waals surface area contributed by atoms with E-state index < -0.39 is 5.97 Å². The fraction of sp³-hybridized carbons (Fsp3) is 0.389. The van der Waals surface area contributed by atoms with Gasteiger partial charge in [0, 0.05) is 15.8 Å². The van der Waals surface area contributed by atoms with Gasteiger partial charge in [0.25, 0.3) is 0 Å². The van der Waals surface area contributed by atoms with Crippen LogP contribution in [0.1, 0.15) is 40.7 Å². The standard InChI is InChI=1S/C18H21BrN2O4S/c1-4-7-24-18(23)14-8-13(19)5-6-16(14)20-17(22)10-26-9-15-11(2)21-25-12(15)3/h5-6,8H,4,7,9-10H2,1-3H3,(H,20,22). The zero-order valence-electron chi connectivity index (χ0n) is 14.9. The van der Waals surface area contributed by atoms with Crippen molar-refractivity contribution in [1.82, 2.24) is 5.16 Å². The minimum atomic E-state index is -0.452. The van der Waals surface area contributed by atoms with Gasteiger partial charge in [-0.2, -0.15) is 0 Å².